The van der Waals surface area contributed by atoms with Crippen molar-refractivity contribution in [2.75, 3.05) is 18.4 Å². The van der Waals surface area contributed by atoms with Gasteiger partial charge in [0.05, 0.1) is 4.90 Å². The van der Waals surface area contributed by atoms with Gasteiger partial charge in [-0.1, -0.05) is 12.1 Å². The van der Waals surface area contributed by atoms with E-state index in [1.165, 1.54) is 23.4 Å². The standard InChI is InChI=1S/C25H24FN3O4S/c1-16(30)27-21-6-2-18(3-7-21)23-10-11-24(31)29-14-17-12-19(25(23)29)15-28(13-17)34(32,33)22-8-4-20(26)5-9-22/h2-11,17,19H,12-15H2,1H3,(H,27,30)/t17-,19+/m0/s1. The number of rotatable bonds is 4. The molecule has 2 atom stereocenters. The molecule has 3 heterocycles. The summed E-state index contributed by atoms with van der Waals surface area (Å²) in [5, 5.41) is 2.74. The van der Waals surface area contributed by atoms with Crippen molar-refractivity contribution in [1.82, 2.24) is 8.87 Å². The summed E-state index contributed by atoms with van der Waals surface area (Å²) in [7, 11) is -3.79. The van der Waals surface area contributed by atoms with E-state index < -0.39 is 15.8 Å². The van der Waals surface area contributed by atoms with E-state index in [0.29, 0.717) is 18.8 Å². The molecule has 2 aliphatic rings. The first-order chi connectivity index (χ1) is 16.2. The van der Waals surface area contributed by atoms with E-state index in [-0.39, 0.29) is 34.7 Å². The van der Waals surface area contributed by atoms with Crippen molar-refractivity contribution in [1.29, 1.82) is 0 Å². The molecule has 1 aromatic heterocycles. The fourth-order valence-corrected chi connectivity index (χ4v) is 6.66. The zero-order chi connectivity index (χ0) is 24.0. The summed E-state index contributed by atoms with van der Waals surface area (Å²) in [6.45, 7) is 2.45. The highest BCUT2D eigenvalue weighted by molar-refractivity contribution is 7.89. The Morgan fingerprint density at radius 1 is 0.971 bits per heavy atom. The number of piperidine rings is 1. The number of carbonyl (C=O) groups excluding carboxylic acids is 1. The van der Waals surface area contributed by atoms with Crippen molar-refractivity contribution in [3.8, 4) is 11.1 Å². The Morgan fingerprint density at radius 3 is 2.35 bits per heavy atom. The zero-order valence-electron chi connectivity index (χ0n) is 18.6. The van der Waals surface area contributed by atoms with E-state index >= 15 is 0 Å². The molecule has 1 saturated heterocycles. The number of hydrogen-bond acceptors (Lipinski definition) is 4. The second-order valence-corrected chi connectivity index (χ2v) is 10.9. The molecule has 0 aliphatic carbocycles. The molecule has 0 spiro atoms. The van der Waals surface area contributed by atoms with Crippen LogP contribution in [0.3, 0.4) is 0 Å². The number of halogens is 1. The molecule has 0 radical (unpaired) electrons. The number of hydrogen-bond donors (Lipinski definition) is 1. The van der Waals surface area contributed by atoms with Crippen molar-refractivity contribution >= 4 is 21.6 Å². The highest BCUT2D eigenvalue weighted by Gasteiger charge is 2.40. The van der Waals surface area contributed by atoms with Crippen molar-refractivity contribution in [3.05, 3.63) is 82.5 Å². The molecule has 5 rings (SSSR count). The summed E-state index contributed by atoms with van der Waals surface area (Å²) in [4.78, 5) is 24.1. The molecule has 1 N–H and O–H groups in total. The van der Waals surface area contributed by atoms with Crippen molar-refractivity contribution in [2.45, 2.75) is 30.7 Å². The number of aromatic nitrogens is 1. The van der Waals surface area contributed by atoms with Crippen LogP contribution in [0.5, 0.6) is 0 Å². The molecule has 1 amide bonds. The summed E-state index contributed by atoms with van der Waals surface area (Å²) < 4.78 is 43.2. The van der Waals surface area contributed by atoms with Gasteiger partial charge in [0.15, 0.2) is 0 Å². The summed E-state index contributed by atoms with van der Waals surface area (Å²) in [5.74, 6) is -0.790. The van der Waals surface area contributed by atoms with Crippen LogP contribution in [-0.2, 0) is 21.4 Å². The first-order valence-electron chi connectivity index (χ1n) is 11.1. The van der Waals surface area contributed by atoms with Crippen LogP contribution in [0.15, 0.2) is 70.4 Å². The number of sulfonamides is 1. The summed E-state index contributed by atoms with van der Waals surface area (Å²) >= 11 is 0. The van der Waals surface area contributed by atoms with Gasteiger partial charge in [-0.25, -0.2) is 12.8 Å². The Labute approximate surface area is 196 Å². The summed E-state index contributed by atoms with van der Waals surface area (Å²) in [5.41, 5.74) is 3.16. The fourth-order valence-electron chi connectivity index (χ4n) is 5.10. The van der Waals surface area contributed by atoms with E-state index in [9.17, 15) is 22.4 Å². The van der Waals surface area contributed by atoms with Crippen molar-refractivity contribution in [2.24, 2.45) is 5.92 Å². The Balaban J connectivity index is 1.52. The predicted octanol–water partition coefficient (Wildman–Crippen LogP) is 3.42. The quantitative estimate of drug-likeness (QED) is 0.619. The first-order valence-corrected chi connectivity index (χ1v) is 12.5. The normalized spacial score (nSPS) is 19.9. The number of pyridine rings is 1. The third-order valence-corrected chi connectivity index (χ3v) is 8.37. The van der Waals surface area contributed by atoms with Gasteiger partial charge in [0.2, 0.25) is 15.9 Å². The van der Waals surface area contributed by atoms with Crippen LogP contribution in [0, 0.1) is 11.7 Å². The summed E-state index contributed by atoms with van der Waals surface area (Å²) in [6.07, 6.45) is 0.788. The van der Waals surface area contributed by atoms with Gasteiger partial charge in [-0.05, 0) is 60.4 Å². The minimum Gasteiger partial charge on any atom is -0.326 e. The lowest BCUT2D eigenvalue weighted by atomic mass is 9.81. The molecule has 0 saturated carbocycles. The van der Waals surface area contributed by atoms with Gasteiger partial charge in [-0.3, -0.25) is 9.59 Å². The van der Waals surface area contributed by atoms with Gasteiger partial charge in [-0.15, -0.1) is 0 Å². The third-order valence-electron chi connectivity index (χ3n) is 6.52. The second-order valence-electron chi connectivity index (χ2n) is 8.91. The SMILES string of the molecule is CC(=O)Nc1ccc(-c2ccc(=O)n3c2[C@@H]2C[C@@H](CN(S(=O)(=O)c4ccc(F)cc4)C2)C3)cc1. The number of amides is 1. The smallest absolute Gasteiger partial charge is 0.250 e. The van der Waals surface area contributed by atoms with Gasteiger partial charge in [-0.2, -0.15) is 4.31 Å². The molecule has 176 valence electrons. The van der Waals surface area contributed by atoms with Crippen molar-refractivity contribution in [3.63, 3.8) is 0 Å². The Bertz CT molecular complexity index is 1420. The maximum absolute atomic E-state index is 13.3. The first kappa shape index (κ1) is 22.5. The van der Waals surface area contributed by atoms with Crippen LogP contribution in [0.25, 0.3) is 11.1 Å². The van der Waals surface area contributed by atoms with E-state index in [1.54, 1.807) is 28.8 Å². The van der Waals surface area contributed by atoms with E-state index in [4.69, 9.17) is 0 Å². The monoisotopic (exact) mass is 481 g/mol. The van der Waals surface area contributed by atoms with Crippen LogP contribution in [-0.4, -0.2) is 36.3 Å². The van der Waals surface area contributed by atoms with E-state index in [0.717, 1.165) is 35.4 Å². The molecule has 2 aromatic carbocycles. The molecule has 3 aromatic rings. The van der Waals surface area contributed by atoms with Crippen LogP contribution in [0.2, 0.25) is 0 Å². The number of nitrogens with zero attached hydrogens (tertiary/aromatic N) is 2. The molecule has 2 bridgehead atoms. The predicted molar refractivity (Wildman–Crippen MR) is 126 cm³/mol. The zero-order valence-corrected chi connectivity index (χ0v) is 19.4. The average molecular weight is 482 g/mol. The summed E-state index contributed by atoms with van der Waals surface area (Å²) in [6, 6.07) is 15.6. The highest BCUT2D eigenvalue weighted by atomic mass is 32.2. The molecule has 0 unspecified atom stereocenters. The van der Waals surface area contributed by atoms with E-state index in [2.05, 4.69) is 5.32 Å². The molecule has 7 nitrogen and oxygen atoms in total. The minimum absolute atomic E-state index is 0.0107. The van der Waals surface area contributed by atoms with Crippen LogP contribution in [0.4, 0.5) is 10.1 Å². The topological polar surface area (TPSA) is 88.5 Å². The number of carbonyl (C=O) groups is 1. The average Bonchev–Trinajstić information content (AvgIpc) is 2.80. The van der Waals surface area contributed by atoms with Crippen LogP contribution >= 0.6 is 0 Å². The molecular weight excluding hydrogens is 457 g/mol. The van der Waals surface area contributed by atoms with Crippen molar-refractivity contribution < 1.29 is 17.6 Å². The lowest BCUT2D eigenvalue weighted by molar-refractivity contribution is -0.114. The maximum Gasteiger partial charge on any atom is 0.250 e. The van der Waals surface area contributed by atoms with E-state index in [1.807, 2.05) is 12.1 Å². The lowest BCUT2D eigenvalue weighted by Gasteiger charge is -2.42. The highest BCUT2D eigenvalue weighted by Crippen LogP contribution is 2.41. The van der Waals surface area contributed by atoms with Gasteiger partial charge < -0.3 is 9.88 Å². The largest absolute Gasteiger partial charge is 0.326 e. The number of benzene rings is 2. The van der Waals surface area contributed by atoms with Crippen LogP contribution in [0.1, 0.15) is 25.0 Å². The van der Waals surface area contributed by atoms with Gasteiger partial charge in [0.1, 0.15) is 5.82 Å². The maximum atomic E-state index is 13.3. The Hall–Kier alpha value is -3.30. The minimum atomic E-state index is -3.79. The molecule has 34 heavy (non-hydrogen) atoms. The van der Waals surface area contributed by atoms with Gasteiger partial charge >= 0.3 is 0 Å². The number of anilines is 1. The van der Waals surface area contributed by atoms with Gasteiger partial charge in [0.25, 0.3) is 5.56 Å². The Morgan fingerprint density at radius 2 is 1.68 bits per heavy atom. The Kier molecular flexibility index (Phi) is 5.61. The molecule has 1 fully saturated rings. The number of nitrogens with one attached hydrogen (secondary N) is 1. The van der Waals surface area contributed by atoms with Gasteiger partial charge in [0, 0.05) is 55.5 Å². The van der Waals surface area contributed by atoms with Crippen LogP contribution < -0.4 is 10.9 Å². The number of fused-ring (bicyclic) bond motifs is 4. The third kappa shape index (κ3) is 4.05. The fraction of sp³-hybridized carbons (Fsp3) is 0.280. The molecular formula is C25H24FN3O4S. The molecule has 2 aliphatic heterocycles. The lowest BCUT2D eigenvalue weighted by Crippen LogP contribution is -2.49. The second kappa shape index (κ2) is 8.48. The molecule has 9 heteroatoms.